The number of aliphatic hydroxyl groups excluding tert-OH is 2. The van der Waals surface area contributed by atoms with E-state index in [1.54, 1.807) is 20.0 Å². The number of urea groups is 1. The van der Waals surface area contributed by atoms with Crippen LogP contribution < -0.4 is 21.3 Å². The molecule has 10 nitrogen and oxygen atoms in total. The first-order valence-electron chi connectivity index (χ1n) is 13.2. The van der Waals surface area contributed by atoms with E-state index in [4.69, 9.17) is 0 Å². The summed E-state index contributed by atoms with van der Waals surface area (Å²) in [6.07, 6.45) is 4.60. The van der Waals surface area contributed by atoms with E-state index in [1.807, 2.05) is 34.6 Å². The maximum atomic E-state index is 14.1. The molecule has 2 amide bonds. The van der Waals surface area contributed by atoms with Crippen molar-refractivity contribution in [1.82, 2.24) is 20.9 Å². The molecule has 220 valence electrons. The van der Waals surface area contributed by atoms with Gasteiger partial charge >= 0.3 is 6.03 Å². The molecule has 1 heterocycles. The smallest absolute Gasteiger partial charge is 0.315 e. The van der Waals surface area contributed by atoms with Gasteiger partial charge in [-0.1, -0.05) is 27.4 Å². The van der Waals surface area contributed by atoms with Crippen molar-refractivity contribution in [2.45, 2.75) is 73.5 Å². The first kappa shape index (κ1) is 35.9. The van der Waals surface area contributed by atoms with E-state index < -0.39 is 11.9 Å². The maximum absolute atomic E-state index is 14.1. The Morgan fingerprint density at radius 1 is 1.23 bits per heavy atom. The maximum Gasteiger partial charge on any atom is 0.315 e. The molecule has 0 aromatic carbocycles. The molecule has 0 spiro atoms. The average molecular weight is 568 g/mol. The van der Waals surface area contributed by atoms with Gasteiger partial charge in [0.15, 0.2) is 5.13 Å². The Balaban J connectivity index is 0.00000704. The van der Waals surface area contributed by atoms with Gasteiger partial charge in [-0.2, -0.15) is 0 Å². The van der Waals surface area contributed by atoms with Crippen LogP contribution in [-0.2, 0) is 6.54 Å². The van der Waals surface area contributed by atoms with Gasteiger partial charge in [-0.05, 0) is 57.4 Å². The number of nitrogens with one attached hydrogen (secondary N) is 4. The molecule has 12 heteroatoms. The van der Waals surface area contributed by atoms with Gasteiger partial charge in [0.1, 0.15) is 5.83 Å². The van der Waals surface area contributed by atoms with Gasteiger partial charge in [-0.15, -0.1) is 11.3 Å². The molecule has 1 aromatic rings. The number of hydrogen-bond acceptors (Lipinski definition) is 7. The Kier molecular flexibility index (Phi) is 19.2. The van der Waals surface area contributed by atoms with Crippen LogP contribution in [0.25, 0.3) is 0 Å². The van der Waals surface area contributed by atoms with E-state index in [-0.39, 0.29) is 44.3 Å². The topological polar surface area (TPSA) is 143 Å². The highest BCUT2D eigenvalue weighted by Crippen LogP contribution is 2.20. The number of rotatable bonds is 14. The number of hydrogen-bond donors (Lipinski definition) is 6. The predicted octanol–water partition coefficient (Wildman–Crippen LogP) is 4.31. The lowest BCUT2D eigenvalue weighted by Crippen LogP contribution is -2.40. The molecule has 0 atom stereocenters. The Bertz CT molecular complexity index is 999. The molecular formula is C27H46FN7O3S. The third-order valence-electron chi connectivity index (χ3n) is 4.90. The van der Waals surface area contributed by atoms with E-state index in [0.29, 0.717) is 29.8 Å². The zero-order valence-corrected chi connectivity index (χ0v) is 25.1. The summed E-state index contributed by atoms with van der Waals surface area (Å²) in [7, 11) is 0. The van der Waals surface area contributed by atoms with Crippen LogP contribution in [0.3, 0.4) is 0 Å². The average Bonchev–Trinajstić information content (AvgIpc) is 3.37. The Morgan fingerprint density at radius 2 is 1.90 bits per heavy atom. The predicted molar refractivity (Wildman–Crippen MR) is 161 cm³/mol. The lowest BCUT2D eigenvalue weighted by atomic mass is 10.0. The minimum absolute atomic E-state index is 0.0697. The lowest BCUT2D eigenvalue weighted by Gasteiger charge is -2.16. The van der Waals surface area contributed by atoms with Gasteiger partial charge in [0.25, 0.3) is 0 Å². The summed E-state index contributed by atoms with van der Waals surface area (Å²) in [5, 5.41) is 31.5. The molecular weight excluding hydrogens is 521 g/mol. The molecule has 0 fully saturated rings. The van der Waals surface area contributed by atoms with Crippen molar-refractivity contribution >= 4 is 34.2 Å². The van der Waals surface area contributed by atoms with Crippen molar-refractivity contribution in [2.75, 3.05) is 31.6 Å². The number of aliphatic hydroxyl groups is 2. The molecule has 6 N–H and O–H groups in total. The fourth-order valence-electron chi connectivity index (χ4n) is 2.95. The van der Waals surface area contributed by atoms with E-state index in [1.165, 1.54) is 17.4 Å². The van der Waals surface area contributed by atoms with Crippen LogP contribution >= 0.6 is 11.3 Å². The van der Waals surface area contributed by atoms with Crippen LogP contribution in [0.1, 0.15) is 59.8 Å². The van der Waals surface area contributed by atoms with Crippen molar-refractivity contribution in [1.29, 1.82) is 0 Å². The number of thiazole rings is 1. The fourth-order valence-corrected chi connectivity index (χ4v) is 3.83. The number of allylic oxidation sites excluding steroid dienone is 3. The summed E-state index contributed by atoms with van der Waals surface area (Å²) in [6.45, 7) is 17.1. The first-order valence-corrected chi connectivity index (χ1v) is 14.0. The molecule has 0 saturated carbocycles. The van der Waals surface area contributed by atoms with Crippen LogP contribution in [0.4, 0.5) is 14.3 Å². The quantitative estimate of drug-likeness (QED) is 0.112. The second-order valence-electron chi connectivity index (χ2n) is 8.29. The van der Waals surface area contributed by atoms with E-state index >= 15 is 0 Å². The fraction of sp³-hybridized carbons (Fsp3) is 0.556. The van der Waals surface area contributed by atoms with Gasteiger partial charge in [-0.3, -0.25) is 0 Å². The van der Waals surface area contributed by atoms with Crippen LogP contribution in [0.15, 0.2) is 51.9 Å². The van der Waals surface area contributed by atoms with Gasteiger partial charge in [0.05, 0.1) is 25.8 Å². The van der Waals surface area contributed by atoms with Crippen LogP contribution in [0.2, 0.25) is 0 Å². The normalized spacial score (nSPS) is 13.0. The molecule has 0 aliphatic carbocycles. The number of aliphatic imine (C=N–C) groups is 2. The van der Waals surface area contributed by atoms with Crippen LogP contribution in [0, 0.1) is 0 Å². The van der Waals surface area contributed by atoms with Gasteiger partial charge in [0, 0.05) is 35.9 Å². The van der Waals surface area contributed by atoms with E-state index in [9.17, 15) is 19.4 Å². The Hall–Kier alpha value is -3.09. The Morgan fingerprint density at radius 3 is 2.44 bits per heavy atom. The van der Waals surface area contributed by atoms with Crippen molar-refractivity contribution < 1.29 is 19.4 Å². The van der Waals surface area contributed by atoms with Gasteiger partial charge in [-0.25, -0.2) is 24.2 Å². The SMILES string of the molecule is C=C\C(F)=C/C(CNC(=O)NCC)=C(C)/C(CC)=N/C(=NCc1cnc(NC(C)C)s1)NC(CO)CO.CC. The number of halogens is 1. The number of anilines is 1. The summed E-state index contributed by atoms with van der Waals surface area (Å²) in [6, 6.07) is -0.789. The zero-order valence-electron chi connectivity index (χ0n) is 24.3. The monoisotopic (exact) mass is 567 g/mol. The highest BCUT2D eigenvalue weighted by molar-refractivity contribution is 7.15. The highest BCUT2D eigenvalue weighted by atomic mass is 32.1. The third-order valence-corrected chi connectivity index (χ3v) is 5.81. The number of carbonyl (C=O) groups is 1. The lowest BCUT2D eigenvalue weighted by molar-refractivity contribution is 0.183. The van der Waals surface area contributed by atoms with E-state index in [0.717, 1.165) is 16.1 Å². The molecule has 0 aliphatic rings. The number of amides is 2. The van der Waals surface area contributed by atoms with Crippen molar-refractivity contribution in [3.63, 3.8) is 0 Å². The van der Waals surface area contributed by atoms with Crippen molar-refractivity contribution in [3.8, 4) is 0 Å². The summed E-state index contributed by atoms with van der Waals surface area (Å²) < 4.78 is 14.1. The summed E-state index contributed by atoms with van der Waals surface area (Å²) in [5.74, 6) is -0.341. The zero-order chi connectivity index (χ0) is 29.8. The third kappa shape index (κ3) is 14.6. The molecule has 1 aromatic heterocycles. The van der Waals surface area contributed by atoms with Crippen molar-refractivity contribution in [3.05, 3.63) is 46.8 Å². The summed E-state index contributed by atoms with van der Waals surface area (Å²) in [5.41, 5.74) is 1.75. The van der Waals surface area contributed by atoms with Crippen molar-refractivity contribution in [2.24, 2.45) is 9.98 Å². The molecule has 0 radical (unpaired) electrons. The van der Waals surface area contributed by atoms with Crippen LogP contribution in [0.5, 0.6) is 0 Å². The number of carbonyl (C=O) groups excluding carboxylic acids is 1. The molecule has 0 saturated heterocycles. The number of aromatic nitrogens is 1. The second kappa shape index (κ2) is 20.8. The molecule has 39 heavy (non-hydrogen) atoms. The Labute approximate surface area is 236 Å². The minimum atomic E-state index is -0.665. The molecule has 0 unspecified atom stereocenters. The molecule has 1 rings (SSSR count). The van der Waals surface area contributed by atoms with Crippen LogP contribution in [-0.4, -0.2) is 71.3 Å². The highest BCUT2D eigenvalue weighted by Gasteiger charge is 2.13. The second-order valence-corrected chi connectivity index (χ2v) is 9.40. The van der Waals surface area contributed by atoms with Gasteiger partial charge < -0.3 is 31.5 Å². The standard InChI is InChI=1S/C25H40FN7O3S.C2H6/c1-7-19(26)10-18(11-29-24(36)27-9-3)17(6)22(8-2)33-23(32-20(14-34)15-35)28-12-21-13-30-25(37-21)31-16(4)5;1-2/h7,10,13,16,20,34-35H,1,8-9,11-12,14-15H2,2-6H3,(H,28,32)(H,30,31)(H2,27,29,36);1-2H3/b18-17-,19-10+,33-22+;. The van der Waals surface area contributed by atoms with Gasteiger partial charge in [0.2, 0.25) is 5.96 Å². The van der Waals surface area contributed by atoms with E-state index in [2.05, 4.69) is 42.8 Å². The number of guanidine groups is 1. The summed E-state index contributed by atoms with van der Waals surface area (Å²) >= 11 is 1.47. The number of nitrogens with zero attached hydrogens (tertiary/aromatic N) is 3. The molecule has 0 bridgehead atoms. The minimum Gasteiger partial charge on any atom is -0.394 e. The summed E-state index contributed by atoms with van der Waals surface area (Å²) in [4.78, 5) is 26.4. The largest absolute Gasteiger partial charge is 0.394 e. The first-order chi connectivity index (χ1) is 18.7. The molecule has 0 aliphatic heterocycles.